The summed E-state index contributed by atoms with van der Waals surface area (Å²) >= 11 is 5.99. The number of nitro groups is 1. The van der Waals surface area contributed by atoms with Gasteiger partial charge >= 0.3 is 0 Å². The molecular formula is C24H14ClN3O5. The number of oxazole rings is 1. The number of benzene rings is 3. The number of halogens is 1. The van der Waals surface area contributed by atoms with Crippen LogP contribution in [0, 0.1) is 10.1 Å². The molecule has 1 N–H and O–H groups in total. The molecule has 2 aromatic heterocycles. The Bertz CT molecular complexity index is 1500. The number of nitrogens with zero attached hydrogens (tertiary/aromatic N) is 2. The number of fused-ring (bicyclic) bond motifs is 1. The zero-order valence-electron chi connectivity index (χ0n) is 16.8. The lowest BCUT2D eigenvalue weighted by atomic mass is 10.1. The minimum absolute atomic E-state index is 0.0583. The predicted molar refractivity (Wildman–Crippen MR) is 123 cm³/mol. The fourth-order valence-corrected chi connectivity index (χ4v) is 3.47. The molecular weight excluding hydrogens is 446 g/mol. The molecule has 0 radical (unpaired) electrons. The highest BCUT2D eigenvalue weighted by molar-refractivity contribution is 6.31. The second kappa shape index (κ2) is 8.25. The van der Waals surface area contributed by atoms with Crippen molar-refractivity contribution in [2.24, 2.45) is 0 Å². The Morgan fingerprint density at radius 1 is 0.939 bits per heavy atom. The minimum atomic E-state index is -0.486. The maximum absolute atomic E-state index is 12.6. The Labute approximate surface area is 191 Å². The number of furan rings is 1. The molecule has 0 saturated heterocycles. The number of rotatable bonds is 5. The monoisotopic (exact) mass is 459 g/mol. The zero-order chi connectivity index (χ0) is 22.9. The van der Waals surface area contributed by atoms with E-state index in [0.717, 1.165) is 5.56 Å². The van der Waals surface area contributed by atoms with Gasteiger partial charge in [0.25, 0.3) is 11.6 Å². The Morgan fingerprint density at radius 3 is 2.55 bits per heavy atom. The minimum Gasteiger partial charge on any atom is -0.451 e. The van der Waals surface area contributed by atoms with Crippen LogP contribution in [0.5, 0.6) is 0 Å². The van der Waals surface area contributed by atoms with E-state index in [1.54, 1.807) is 60.7 Å². The fraction of sp³-hybridized carbons (Fsp3) is 0. The van der Waals surface area contributed by atoms with Crippen LogP contribution in [0.3, 0.4) is 0 Å². The molecule has 0 bridgehead atoms. The second-order valence-corrected chi connectivity index (χ2v) is 7.57. The molecule has 0 aliphatic carbocycles. The van der Waals surface area contributed by atoms with Gasteiger partial charge < -0.3 is 14.2 Å². The van der Waals surface area contributed by atoms with Gasteiger partial charge in [-0.3, -0.25) is 14.9 Å². The lowest BCUT2D eigenvalue weighted by Crippen LogP contribution is -2.10. The van der Waals surface area contributed by atoms with Gasteiger partial charge in [0, 0.05) is 34.0 Å². The number of aromatic nitrogens is 1. The smallest absolute Gasteiger partial charge is 0.291 e. The van der Waals surface area contributed by atoms with Crippen LogP contribution >= 0.6 is 11.6 Å². The van der Waals surface area contributed by atoms with E-state index in [9.17, 15) is 14.9 Å². The van der Waals surface area contributed by atoms with Crippen molar-refractivity contribution in [3.63, 3.8) is 0 Å². The van der Waals surface area contributed by atoms with Crippen LogP contribution in [0.25, 0.3) is 33.9 Å². The van der Waals surface area contributed by atoms with Gasteiger partial charge in [0.05, 0.1) is 4.92 Å². The van der Waals surface area contributed by atoms with E-state index in [0.29, 0.717) is 39.0 Å². The molecule has 9 heteroatoms. The number of non-ortho nitro benzene ring substituents is 1. The normalized spacial score (nSPS) is 10.9. The van der Waals surface area contributed by atoms with Crippen LogP contribution in [0.15, 0.2) is 87.7 Å². The largest absolute Gasteiger partial charge is 0.451 e. The Morgan fingerprint density at radius 2 is 1.76 bits per heavy atom. The van der Waals surface area contributed by atoms with E-state index in [1.807, 2.05) is 0 Å². The summed E-state index contributed by atoms with van der Waals surface area (Å²) in [5, 5.41) is 14.3. The molecule has 0 fully saturated rings. The number of hydrogen-bond donors (Lipinski definition) is 1. The highest BCUT2D eigenvalue weighted by Gasteiger charge is 2.15. The number of nitro benzene ring substituents is 1. The van der Waals surface area contributed by atoms with Crippen molar-refractivity contribution < 1.29 is 18.6 Å². The third-order valence-electron chi connectivity index (χ3n) is 4.91. The number of anilines is 1. The topological polar surface area (TPSA) is 111 Å². The van der Waals surface area contributed by atoms with Crippen molar-refractivity contribution >= 4 is 40.0 Å². The number of amides is 1. The highest BCUT2D eigenvalue weighted by atomic mass is 35.5. The Kier molecular flexibility index (Phi) is 5.12. The van der Waals surface area contributed by atoms with E-state index in [1.165, 1.54) is 18.2 Å². The van der Waals surface area contributed by atoms with E-state index in [-0.39, 0.29) is 11.4 Å². The van der Waals surface area contributed by atoms with Gasteiger partial charge in [-0.15, -0.1) is 0 Å². The van der Waals surface area contributed by atoms with Crippen LogP contribution in [0.1, 0.15) is 10.6 Å². The van der Waals surface area contributed by atoms with Crippen molar-refractivity contribution in [2.45, 2.75) is 0 Å². The molecule has 5 aromatic rings. The molecule has 0 saturated carbocycles. The van der Waals surface area contributed by atoms with Crippen molar-refractivity contribution in [3.8, 4) is 22.8 Å². The summed E-state index contributed by atoms with van der Waals surface area (Å²) in [6, 6.07) is 21.3. The molecule has 1 amide bonds. The first kappa shape index (κ1) is 20.5. The summed E-state index contributed by atoms with van der Waals surface area (Å²) in [5.74, 6) is 0.431. The summed E-state index contributed by atoms with van der Waals surface area (Å²) in [6.45, 7) is 0. The van der Waals surface area contributed by atoms with Gasteiger partial charge in [-0.1, -0.05) is 23.7 Å². The standard InChI is InChI=1S/C24H14ClN3O5/c25-16-6-9-21-19(13-16)27-24(33-21)14-4-7-17(8-5-14)26-23(29)22-11-10-20(32-22)15-2-1-3-18(12-15)28(30)31/h1-13H,(H,26,29). The van der Waals surface area contributed by atoms with Gasteiger partial charge in [0.2, 0.25) is 5.89 Å². The van der Waals surface area contributed by atoms with Gasteiger partial charge in [0.15, 0.2) is 11.3 Å². The van der Waals surface area contributed by atoms with Crippen molar-refractivity contribution in [3.05, 3.63) is 99.8 Å². The number of carbonyl (C=O) groups excluding carboxylic acids is 1. The molecule has 33 heavy (non-hydrogen) atoms. The first-order valence-electron chi connectivity index (χ1n) is 9.79. The first-order chi connectivity index (χ1) is 16.0. The summed E-state index contributed by atoms with van der Waals surface area (Å²) in [4.78, 5) is 27.5. The summed E-state index contributed by atoms with van der Waals surface area (Å²) < 4.78 is 11.4. The molecule has 0 spiro atoms. The van der Waals surface area contributed by atoms with E-state index >= 15 is 0 Å². The van der Waals surface area contributed by atoms with E-state index in [4.69, 9.17) is 20.4 Å². The summed E-state index contributed by atoms with van der Waals surface area (Å²) in [6.07, 6.45) is 0. The first-order valence-corrected chi connectivity index (χ1v) is 10.2. The van der Waals surface area contributed by atoms with Gasteiger partial charge in [-0.05, 0) is 54.6 Å². The third-order valence-corrected chi connectivity index (χ3v) is 5.15. The molecule has 162 valence electrons. The Hall–Kier alpha value is -4.43. The average Bonchev–Trinajstić information content (AvgIpc) is 3.47. The van der Waals surface area contributed by atoms with Gasteiger partial charge in [-0.2, -0.15) is 0 Å². The molecule has 0 unspecified atom stereocenters. The number of hydrogen-bond acceptors (Lipinski definition) is 6. The SMILES string of the molecule is O=C(Nc1ccc(-c2nc3cc(Cl)ccc3o2)cc1)c1ccc(-c2cccc([N+](=O)[O-])c2)o1. The summed E-state index contributed by atoms with van der Waals surface area (Å²) in [7, 11) is 0. The molecule has 8 nitrogen and oxygen atoms in total. The molecule has 2 heterocycles. The third kappa shape index (κ3) is 4.19. The van der Waals surface area contributed by atoms with Crippen LogP contribution in [-0.2, 0) is 0 Å². The molecule has 0 aliphatic rings. The van der Waals surface area contributed by atoms with Gasteiger partial charge in [0.1, 0.15) is 11.3 Å². The lowest BCUT2D eigenvalue weighted by molar-refractivity contribution is -0.384. The molecule has 3 aromatic carbocycles. The second-order valence-electron chi connectivity index (χ2n) is 7.13. The maximum atomic E-state index is 12.6. The molecule has 0 atom stereocenters. The van der Waals surface area contributed by atoms with Crippen molar-refractivity contribution in [2.75, 3.05) is 5.32 Å². The lowest BCUT2D eigenvalue weighted by Gasteiger charge is -2.04. The van der Waals surface area contributed by atoms with Crippen LogP contribution in [-0.4, -0.2) is 15.8 Å². The maximum Gasteiger partial charge on any atom is 0.291 e. The van der Waals surface area contributed by atoms with Gasteiger partial charge in [-0.25, -0.2) is 4.98 Å². The number of carbonyl (C=O) groups is 1. The van der Waals surface area contributed by atoms with Crippen LogP contribution in [0.2, 0.25) is 5.02 Å². The van der Waals surface area contributed by atoms with Crippen LogP contribution in [0.4, 0.5) is 11.4 Å². The quantitative estimate of drug-likeness (QED) is 0.235. The highest BCUT2D eigenvalue weighted by Crippen LogP contribution is 2.28. The number of nitrogens with one attached hydrogen (secondary N) is 1. The van der Waals surface area contributed by atoms with Crippen LogP contribution < -0.4 is 5.32 Å². The Balaban J connectivity index is 1.31. The fourth-order valence-electron chi connectivity index (χ4n) is 3.30. The van der Waals surface area contributed by atoms with E-state index < -0.39 is 10.8 Å². The van der Waals surface area contributed by atoms with Crippen molar-refractivity contribution in [1.82, 2.24) is 4.98 Å². The van der Waals surface area contributed by atoms with Crippen molar-refractivity contribution in [1.29, 1.82) is 0 Å². The summed E-state index contributed by atoms with van der Waals surface area (Å²) in [5.41, 5.74) is 3.03. The molecule has 5 rings (SSSR count). The predicted octanol–water partition coefficient (Wildman–Crippen LogP) is 6.57. The average molecular weight is 460 g/mol. The van der Waals surface area contributed by atoms with E-state index in [2.05, 4.69) is 10.3 Å². The zero-order valence-corrected chi connectivity index (χ0v) is 17.6. The molecule has 0 aliphatic heterocycles.